The highest BCUT2D eigenvalue weighted by atomic mass is 15.1. The first-order valence-corrected chi connectivity index (χ1v) is 17.4. The molecule has 0 fully saturated rings. The molecule has 0 bridgehead atoms. The molecule has 3 nitrogen and oxygen atoms in total. The van der Waals surface area contributed by atoms with Crippen molar-refractivity contribution in [1.82, 2.24) is 14.5 Å². The highest BCUT2D eigenvalue weighted by Gasteiger charge is 2.38. The molecule has 2 atom stereocenters. The maximum atomic E-state index is 6.63. The Morgan fingerprint density at radius 3 is 2.10 bits per heavy atom. The number of para-hydroxylation sites is 2. The monoisotopic (exact) mass is 653 g/mol. The second-order valence-electron chi connectivity index (χ2n) is 13.8. The van der Waals surface area contributed by atoms with E-state index in [0.717, 1.165) is 33.1 Å². The fraction of sp³-hybridized carbons (Fsp3) is 0.0909. The van der Waals surface area contributed by atoms with E-state index in [1.807, 2.05) is 59.4 Å². The van der Waals surface area contributed by atoms with Crippen LogP contribution < -0.4 is 0 Å². The van der Waals surface area contributed by atoms with Gasteiger partial charge >= 0.3 is 0 Å². The molecular formula is C44H28B5N3. The van der Waals surface area contributed by atoms with Gasteiger partial charge in [-0.15, -0.1) is 5.11 Å². The third-order valence-corrected chi connectivity index (χ3v) is 10.6. The summed E-state index contributed by atoms with van der Waals surface area (Å²) in [6, 6.07) is 42.3. The van der Waals surface area contributed by atoms with Crippen molar-refractivity contribution in [2.24, 2.45) is 5.92 Å². The third kappa shape index (κ3) is 5.11. The molecule has 0 aliphatic heterocycles. The van der Waals surface area contributed by atoms with Crippen LogP contribution in [-0.4, -0.2) is 53.8 Å². The van der Waals surface area contributed by atoms with Gasteiger partial charge in [-0.1, -0.05) is 121 Å². The Bertz CT molecular complexity index is 2600. The van der Waals surface area contributed by atoms with Crippen LogP contribution in [0.5, 0.6) is 0 Å². The zero-order valence-corrected chi connectivity index (χ0v) is 28.4. The fourth-order valence-corrected chi connectivity index (χ4v) is 8.00. The van der Waals surface area contributed by atoms with E-state index in [0.29, 0.717) is 5.52 Å². The molecule has 7 aromatic rings. The van der Waals surface area contributed by atoms with Gasteiger partial charge in [-0.2, -0.15) is 0 Å². The van der Waals surface area contributed by atoms with E-state index < -0.39 is 10.3 Å². The third-order valence-electron chi connectivity index (χ3n) is 10.6. The number of benzene rings is 5. The quantitative estimate of drug-likeness (QED) is 0.171. The minimum atomic E-state index is -1.95. The molecule has 0 amide bonds. The molecule has 9 rings (SSSR count). The summed E-state index contributed by atoms with van der Waals surface area (Å²) in [7, 11) is 31.8. The van der Waals surface area contributed by atoms with Gasteiger partial charge in [0.25, 0.3) is 0 Å². The summed E-state index contributed by atoms with van der Waals surface area (Å²) < 4.78 is 1.94. The van der Waals surface area contributed by atoms with Gasteiger partial charge in [0.05, 0.1) is 56.0 Å². The summed E-state index contributed by atoms with van der Waals surface area (Å²) in [4.78, 5) is 9.02. The lowest BCUT2D eigenvalue weighted by molar-refractivity contribution is 0.649. The number of pyridine rings is 1. The largest absolute Gasteiger partial charge is 0.296 e. The lowest BCUT2D eigenvalue weighted by Gasteiger charge is -2.41. The Kier molecular flexibility index (Phi) is 7.70. The van der Waals surface area contributed by atoms with Crippen LogP contribution >= 0.6 is 0 Å². The zero-order valence-electron chi connectivity index (χ0n) is 28.4. The average molecular weight is 653 g/mol. The predicted octanol–water partition coefficient (Wildman–Crippen LogP) is 8.00. The smallest absolute Gasteiger partial charge is 0.101 e. The summed E-state index contributed by atoms with van der Waals surface area (Å²) in [5, 5.41) is -1.76. The molecule has 5 aromatic carbocycles. The number of fused-ring (bicyclic) bond motifs is 4. The lowest BCUT2D eigenvalue weighted by atomic mass is 9.23. The predicted molar refractivity (Wildman–Crippen MR) is 217 cm³/mol. The van der Waals surface area contributed by atoms with Crippen molar-refractivity contribution in [3.8, 4) is 16.8 Å². The first kappa shape index (κ1) is 32.4. The van der Waals surface area contributed by atoms with Crippen LogP contribution in [0, 0.1) is 5.92 Å². The van der Waals surface area contributed by atoms with Gasteiger partial charge in [0.15, 0.2) is 0 Å². The van der Waals surface area contributed by atoms with E-state index in [4.69, 9.17) is 44.2 Å². The Morgan fingerprint density at radius 2 is 1.31 bits per heavy atom. The topological polar surface area (TPSA) is 30.7 Å². The highest BCUT2D eigenvalue weighted by molar-refractivity contribution is 6.67. The van der Waals surface area contributed by atoms with E-state index in [2.05, 4.69) is 108 Å². The average Bonchev–Trinajstić information content (AvgIpc) is 3.57. The fourth-order valence-electron chi connectivity index (χ4n) is 8.00. The van der Waals surface area contributed by atoms with Crippen molar-refractivity contribution in [3.63, 3.8) is 0 Å². The van der Waals surface area contributed by atoms with E-state index in [9.17, 15) is 0 Å². The Hall–Kier alpha value is -5.48. The van der Waals surface area contributed by atoms with Crippen LogP contribution in [0.25, 0.3) is 44.2 Å². The van der Waals surface area contributed by atoms with Crippen molar-refractivity contribution in [1.29, 1.82) is 0 Å². The van der Waals surface area contributed by atoms with E-state index in [1.54, 1.807) is 0 Å². The van der Waals surface area contributed by atoms with Gasteiger partial charge in [0.1, 0.15) is 5.82 Å². The second-order valence-corrected chi connectivity index (χ2v) is 13.8. The molecule has 10 radical (unpaired) electrons. The molecule has 52 heavy (non-hydrogen) atoms. The summed E-state index contributed by atoms with van der Waals surface area (Å²) in [5.74, 6) is 0.535. The SMILES string of the molecule is [B]C([B])([B])C([B])([B])c1nc2ccccc2n1-c1ccc(C2=C3C=CC=CC3C(c3ccc(-c4ccncc4)cc3)c3ccccc32)c2ccccc12. The summed E-state index contributed by atoms with van der Waals surface area (Å²) >= 11 is 0. The number of aromatic nitrogens is 3. The standard InChI is InChI=1S/C44H28B5N3/c45-43(46,44(47,48)49)42-51-37-15-7-8-16-39(37)52(42)38-22-21-36(30-9-1-2-10-31(30)38)41-34-13-5-3-11-32(34)40(33-12-4-6-14-35(33)41)29-19-17-27(18-20-29)28-23-25-50-26-24-28/h1-26,32,40H. The van der Waals surface area contributed by atoms with Crippen LogP contribution in [0.15, 0.2) is 164 Å². The molecule has 0 saturated heterocycles. The lowest BCUT2D eigenvalue weighted by Crippen LogP contribution is -2.45. The van der Waals surface area contributed by atoms with Crippen LogP contribution in [0.3, 0.4) is 0 Å². The molecule has 0 saturated carbocycles. The van der Waals surface area contributed by atoms with Crippen molar-refractivity contribution < 1.29 is 0 Å². The van der Waals surface area contributed by atoms with Crippen LogP contribution in [0.1, 0.15) is 34.0 Å². The molecule has 2 aromatic heterocycles. The first-order chi connectivity index (χ1) is 25.2. The number of imidazole rings is 1. The van der Waals surface area contributed by atoms with E-state index >= 15 is 0 Å². The molecule has 8 heteroatoms. The Labute approximate surface area is 310 Å². The Balaban J connectivity index is 1.24. The maximum absolute atomic E-state index is 6.63. The van der Waals surface area contributed by atoms with Crippen molar-refractivity contribution in [3.05, 3.63) is 192 Å². The number of allylic oxidation sites excluding steroid dienone is 5. The van der Waals surface area contributed by atoms with Crippen LogP contribution in [0.2, 0.25) is 5.11 Å². The molecule has 2 aliphatic carbocycles. The number of rotatable bonds is 6. The maximum Gasteiger partial charge on any atom is 0.101 e. The van der Waals surface area contributed by atoms with Gasteiger partial charge in [-0.3, -0.25) is 9.55 Å². The van der Waals surface area contributed by atoms with E-state index in [1.165, 1.54) is 33.4 Å². The summed E-state index contributed by atoms with van der Waals surface area (Å²) in [5.41, 5.74) is 12.1. The number of nitrogens with zero attached hydrogens (tertiary/aromatic N) is 3. The van der Waals surface area contributed by atoms with Crippen molar-refractivity contribution >= 4 is 66.6 Å². The Morgan fingerprint density at radius 1 is 0.615 bits per heavy atom. The molecule has 2 heterocycles. The van der Waals surface area contributed by atoms with Crippen LogP contribution in [0.4, 0.5) is 0 Å². The summed E-state index contributed by atoms with van der Waals surface area (Å²) in [6.07, 6.45) is 12.6. The number of hydrogen-bond acceptors (Lipinski definition) is 2. The van der Waals surface area contributed by atoms with Gasteiger partial charge in [-0.25, -0.2) is 4.98 Å². The van der Waals surface area contributed by atoms with Gasteiger partial charge in [0, 0.05) is 29.6 Å². The second kappa shape index (κ2) is 12.3. The molecule has 2 aliphatic rings. The van der Waals surface area contributed by atoms with Gasteiger partial charge in [-0.05, 0) is 80.2 Å². The summed E-state index contributed by atoms with van der Waals surface area (Å²) in [6.45, 7) is 0. The molecule has 234 valence electrons. The number of hydrogen-bond donors (Lipinski definition) is 0. The highest BCUT2D eigenvalue weighted by Crippen LogP contribution is 2.51. The minimum absolute atomic E-state index is 0.131. The molecule has 2 unspecified atom stereocenters. The van der Waals surface area contributed by atoms with Gasteiger partial charge in [0.2, 0.25) is 0 Å². The molecule has 0 N–H and O–H groups in total. The van der Waals surface area contributed by atoms with Crippen LogP contribution in [-0.2, 0) is 5.21 Å². The molecular weight excluding hydrogens is 625 g/mol. The minimum Gasteiger partial charge on any atom is -0.296 e. The first-order valence-electron chi connectivity index (χ1n) is 17.4. The normalized spacial score (nSPS) is 17.0. The van der Waals surface area contributed by atoms with Crippen molar-refractivity contribution in [2.75, 3.05) is 0 Å². The van der Waals surface area contributed by atoms with Gasteiger partial charge < -0.3 is 0 Å². The van der Waals surface area contributed by atoms with E-state index in [-0.39, 0.29) is 17.7 Å². The zero-order chi connectivity index (χ0) is 35.6. The van der Waals surface area contributed by atoms with Crippen molar-refractivity contribution in [2.45, 2.75) is 16.2 Å². The molecule has 0 spiro atoms.